The highest BCUT2D eigenvalue weighted by molar-refractivity contribution is 5.92. The largest absolute Gasteiger partial charge is 0.335 e. The van der Waals surface area contributed by atoms with Gasteiger partial charge in [0.2, 0.25) is 0 Å². The molecule has 2 aromatic rings. The molecule has 0 N–H and O–H groups in total. The maximum atomic E-state index is 12.6. The fraction of sp³-hybridized carbons (Fsp3) is 0.421. The molecule has 1 saturated heterocycles. The summed E-state index contributed by atoms with van der Waals surface area (Å²) in [5.41, 5.74) is 2.81. The van der Waals surface area contributed by atoms with Crippen molar-refractivity contribution in [2.45, 2.75) is 25.3 Å². The number of hydrogen-bond donors (Lipinski definition) is 0. The molecule has 0 radical (unpaired) electrons. The van der Waals surface area contributed by atoms with Crippen LogP contribution in [-0.2, 0) is 6.54 Å². The van der Waals surface area contributed by atoms with Crippen LogP contribution in [0.5, 0.6) is 0 Å². The van der Waals surface area contributed by atoms with Gasteiger partial charge in [0.15, 0.2) is 5.69 Å². The van der Waals surface area contributed by atoms with Crippen molar-refractivity contribution < 1.29 is 4.79 Å². The molecule has 124 valence electrons. The molecule has 1 aromatic carbocycles. The maximum Gasteiger partial charge on any atom is 0.274 e. The zero-order valence-corrected chi connectivity index (χ0v) is 13.8. The minimum Gasteiger partial charge on any atom is -0.335 e. The van der Waals surface area contributed by atoms with Gasteiger partial charge in [0.1, 0.15) is 0 Å². The zero-order valence-electron chi connectivity index (χ0n) is 13.8. The lowest BCUT2D eigenvalue weighted by atomic mass is 10.2. The number of benzene rings is 1. The lowest BCUT2D eigenvalue weighted by molar-refractivity contribution is 0.0621. The third-order valence-corrected chi connectivity index (χ3v) is 4.81. The van der Waals surface area contributed by atoms with E-state index in [4.69, 9.17) is 0 Å². The van der Waals surface area contributed by atoms with Crippen LogP contribution in [0.15, 0.2) is 42.5 Å². The van der Waals surface area contributed by atoms with Crippen LogP contribution in [0.1, 0.15) is 40.5 Å². The first-order valence-electron chi connectivity index (χ1n) is 8.69. The van der Waals surface area contributed by atoms with Gasteiger partial charge in [-0.05, 0) is 30.5 Å². The minimum atomic E-state index is 0.00390. The van der Waals surface area contributed by atoms with E-state index in [1.54, 1.807) is 0 Å². The highest BCUT2D eigenvalue weighted by Gasteiger charge is 2.27. The first kappa shape index (κ1) is 15.3. The van der Waals surface area contributed by atoms with Gasteiger partial charge in [0.05, 0.1) is 5.69 Å². The number of hydrogen-bond acceptors (Lipinski definition) is 4. The number of aromatic nitrogens is 2. The number of carbonyl (C=O) groups is 1. The molecule has 0 unspecified atom stereocenters. The van der Waals surface area contributed by atoms with Gasteiger partial charge >= 0.3 is 0 Å². The Morgan fingerprint density at radius 1 is 0.958 bits per heavy atom. The normalized spacial score (nSPS) is 18.6. The highest BCUT2D eigenvalue weighted by atomic mass is 16.2. The summed E-state index contributed by atoms with van der Waals surface area (Å²) < 4.78 is 0. The summed E-state index contributed by atoms with van der Waals surface area (Å²) in [7, 11) is 0. The first-order chi connectivity index (χ1) is 11.8. The van der Waals surface area contributed by atoms with Crippen LogP contribution in [0.4, 0.5) is 0 Å². The van der Waals surface area contributed by atoms with Crippen LogP contribution in [0.25, 0.3) is 0 Å². The molecule has 1 saturated carbocycles. The Hall–Kier alpha value is -2.27. The third kappa shape index (κ3) is 3.46. The zero-order chi connectivity index (χ0) is 16.4. The van der Waals surface area contributed by atoms with Crippen molar-refractivity contribution in [2.24, 2.45) is 0 Å². The fourth-order valence-corrected chi connectivity index (χ4v) is 3.17. The van der Waals surface area contributed by atoms with Gasteiger partial charge in [-0.1, -0.05) is 30.3 Å². The molecular weight excluding hydrogens is 300 g/mol. The number of carbonyl (C=O) groups excluding carboxylic acids is 1. The Morgan fingerprint density at radius 2 is 1.71 bits per heavy atom. The quantitative estimate of drug-likeness (QED) is 0.867. The van der Waals surface area contributed by atoms with Gasteiger partial charge in [0.25, 0.3) is 5.91 Å². The van der Waals surface area contributed by atoms with Gasteiger partial charge < -0.3 is 4.90 Å². The Morgan fingerprint density at radius 3 is 2.33 bits per heavy atom. The van der Waals surface area contributed by atoms with Gasteiger partial charge in [-0.2, -0.15) is 5.10 Å². The highest BCUT2D eigenvalue weighted by Crippen LogP contribution is 2.38. The summed E-state index contributed by atoms with van der Waals surface area (Å²) in [5.74, 6) is 0.576. The molecule has 5 heteroatoms. The molecule has 24 heavy (non-hydrogen) atoms. The topological polar surface area (TPSA) is 49.3 Å². The molecule has 1 amide bonds. The van der Waals surface area contributed by atoms with Gasteiger partial charge in [-0.15, -0.1) is 5.10 Å². The second kappa shape index (κ2) is 6.69. The van der Waals surface area contributed by atoms with Gasteiger partial charge in [0, 0.05) is 38.6 Å². The van der Waals surface area contributed by atoms with Crippen LogP contribution in [0.3, 0.4) is 0 Å². The minimum absolute atomic E-state index is 0.00390. The Kier molecular flexibility index (Phi) is 4.26. The molecule has 2 heterocycles. The molecule has 2 fully saturated rings. The van der Waals surface area contributed by atoms with Crippen LogP contribution < -0.4 is 0 Å². The second-order valence-electron chi connectivity index (χ2n) is 6.67. The molecule has 1 aromatic heterocycles. The summed E-state index contributed by atoms with van der Waals surface area (Å²) in [6.07, 6.45) is 2.40. The van der Waals surface area contributed by atoms with E-state index in [2.05, 4.69) is 39.4 Å². The van der Waals surface area contributed by atoms with Crippen molar-refractivity contribution >= 4 is 5.91 Å². The van der Waals surface area contributed by atoms with Crippen LogP contribution >= 0.6 is 0 Å². The number of nitrogens with zero attached hydrogens (tertiary/aromatic N) is 4. The SMILES string of the molecule is O=C(c1ccc(C2CC2)nn1)N1CCN(Cc2ccccc2)CC1. The second-order valence-corrected chi connectivity index (χ2v) is 6.67. The Bertz CT molecular complexity index is 689. The van der Waals surface area contributed by atoms with Gasteiger partial charge in [-0.3, -0.25) is 9.69 Å². The monoisotopic (exact) mass is 322 g/mol. The average molecular weight is 322 g/mol. The van der Waals surface area contributed by atoms with Crippen molar-refractivity contribution in [1.82, 2.24) is 20.0 Å². The molecule has 0 bridgehead atoms. The number of rotatable bonds is 4. The molecule has 0 spiro atoms. The van der Waals surface area contributed by atoms with Crippen molar-refractivity contribution in [1.29, 1.82) is 0 Å². The van der Waals surface area contributed by atoms with Crippen LogP contribution in [-0.4, -0.2) is 52.1 Å². The molecule has 1 aliphatic carbocycles. The lowest BCUT2D eigenvalue weighted by Crippen LogP contribution is -2.48. The van der Waals surface area contributed by atoms with E-state index < -0.39 is 0 Å². The van der Waals surface area contributed by atoms with Crippen LogP contribution in [0, 0.1) is 0 Å². The molecule has 4 rings (SSSR count). The number of piperazine rings is 1. The molecule has 0 atom stereocenters. The van der Waals surface area contributed by atoms with E-state index in [1.165, 1.54) is 18.4 Å². The molecule has 2 aliphatic rings. The van der Waals surface area contributed by atoms with E-state index in [-0.39, 0.29) is 5.91 Å². The van der Waals surface area contributed by atoms with E-state index in [9.17, 15) is 4.79 Å². The standard InChI is InChI=1S/C19H22N4O/c24-19(18-9-8-17(20-21-18)16-6-7-16)23-12-10-22(11-13-23)14-15-4-2-1-3-5-15/h1-5,8-9,16H,6-7,10-14H2. The maximum absolute atomic E-state index is 12.6. The van der Waals surface area contributed by atoms with Crippen LogP contribution in [0.2, 0.25) is 0 Å². The summed E-state index contributed by atoms with van der Waals surface area (Å²) in [4.78, 5) is 16.8. The fourth-order valence-electron chi connectivity index (χ4n) is 3.17. The predicted octanol–water partition coefficient (Wildman–Crippen LogP) is 2.31. The van der Waals surface area contributed by atoms with Gasteiger partial charge in [-0.25, -0.2) is 0 Å². The average Bonchev–Trinajstić information content (AvgIpc) is 3.48. The summed E-state index contributed by atoms with van der Waals surface area (Å²) in [5, 5.41) is 8.37. The van der Waals surface area contributed by atoms with E-state index in [1.807, 2.05) is 23.1 Å². The molecule has 1 aliphatic heterocycles. The summed E-state index contributed by atoms with van der Waals surface area (Å²) in [6, 6.07) is 14.3. The summed E-state index contributed by atoms with van der Waals surface area (Å²) in [6.45, 7) is 4.23. The lowest BCUT2D eigenvalue weighted by Gasteiger charge is -2.34. The molecule has 5 nitrogen and oxygen atoms in total. The third-order valence-electron chi connectivity index (χ3n) is 4.81. The van der Waals surface area contributed by atoms with Crippen molar-refractivity contribution in [3.63, 3.8) is 0 Å². The smallest absolute Gasteiger partial charge is 0.274 e. The first-order valence-corrected chi connectivity index (χ1v) is 8.69. The van der Waals surface area contributed by atoms with E-state index in [0.717, 1.165) is 38.4 Å². The predicted molar refractivity (Wildman–Crippen MR) is 91.6 cm³/mol. The Labute approximate surface area is 142 Å². The van der Waals surface area contributed by atoms with Crippen molar-refractivity contribution in [2.75, 3.05) is 26.2 Å². The van der Waals surface area contributed by atoms with Crippen molar-refractivity contribution in [3.05, 3.63) is 59.4 Å². The van der Waals surface area contributed by atoms with E-state index >= 15 is 0 Å². The van der Waals surface area contributed by atoms with E-state index in [0.29, 0.717) is 11.6 Å². The number of amides is 1. The molecular formula is C19H22N4O. The summed E-state index contributed by atoms with van der Waals surface area (Å²) >= 11 is 0. The Balaban J connectivity index is 1.32. The van der Waals surface area contributed by atoms with Crippen molar-refractivity contribution in [3.8, 4) is 0 Å².